The molecule has 0 saturated heterocycles. The number of hydrogen-bond donors (Lipinski definition) is 1. The number of rotatable bonds is 21. The van der Waals surface area contributed by atoms with Gasteiger partial charge < -0.3 is 5.32 Å². The molecule has 1 N–H and O–H groups in total. The van der Waals surface area contributed by atoms with Crippen LogP contribution in [-0.2, 0) is 0 Å². The van der Waals surface area contributed by atoms with Gasteiger partial charge in [-0.05, 0) is 31.8 Å². The molecule has 1 heteroatoms. The molecule has 1 unspecified atom stereocenters. The Balaban J connectivity index is 3.51. The SMILES string of the molecule is CCCCCCNCCCCCCC(CCCCC)CCCCCC. The Hall–Kier alpha value is -0.0400. The molecule has 25 heavy (non-hydrogen) atoms. The second-order valence-electron chi connectivity index (χ2n) is 8.22. The minimum atomic E-state index is 1.03. The van der Waals surface area contributed by atoms with E-state index >= 15 is 0 Å². The number of nitrogens with one attached hydrogen (secondary N) is 1. The lowest BCUT2D eigenvalue weighted by atomic mass is 9.90. The smallest absolute Gasteiger partial charge is 0.00489 e. The third kappa shape index (κ3) is 20.1. The third-order valence-corrected chi connectivity index (χ3v) is 5.60. The van der Waals surface area contributed by atoms with Crippen LogP contribution in [-0.4, -0.2) is 13.1 Å². The Morgan fingerprint density at radius 2 is 0.800 bits per heavy atom. The van der Waals surface area contributed by atoms with Crippen molar-refractivity contribution in [3.63, 3.8) is 0 Å². The summed E-state index contributed by atoms with van der Waals surface area (Å²) in [6.07, 6.45) is 25.8. The minimum absolute atomic E-state index is 1.03. The lowest BCUT2D eigenvalue weighted by Gasteiger charge is -2.17. The van der Waals surface area contributed by atoms with Gasteiger partial charge in [0.2, 0.25) is 0 Å². The second kappa shape index (κ2) is 22.0. The van der Waals surface area contributed by atoms with Crippen molar-refractivity contribution < 1.29 is 0 Å². The predicted molar refractivity (Wildman–Crippen MR) is 116 cm³/mol. The highest BCUT2D eigenvalue weighted by Crippen LogP contribution is 2.23. The molecule has 1 nitrogen and oxygen atoms in total. The van der Waals surface area contributed by atoms with Crippen molar-refractivity contribution in [3.05, 3.63) is 0 Å². The first-order chi connectivity index (χ1) is 12.3. The topological polar surface area (TPSA) is 12.0 Å². The van der Waals surface area contributed by atoms with Gasteiger partial charge in [0.25, 0.3) is 0 Å². The van der Waals surface area contributed by atoms with E-state index < -0.39 is 0 Å². The highest BCUT2D eigenvalue weighted by molar-refractivity contribution is 4.62. The fraction of sp³-hybridized carbons (Fsp3) is 1.00. The van der Waals surface area contributed by atoms with Gasteiger partial charge >= 0.3 is 0 Å². The summed E-state index contributed by atoms with van der Waals surface area (Å²) in [7, 11) is 0. The molecule has 0 aliphatic rings. The molecule has 0 saturated carbocycles. The first-order valence-electron chi connectivity index (χ1n) is 12.1. The van der Waals surface area contributed by atoms with Gasteiger partial charge in [0.05, 0.1) is 0 Å². The van der Waals surface area contributed by atoms with Crippen molar-refractivity contribution >= 4 is 0 Å². The fourth-order valence-corrected chi connectivity index (χ4v) is 3.81. The van der Waals surface area contributed by atoms with Crippen LogP contribution in [0.3, 0.4) is 0 Å². The summed E-state index contributed by atoms with van der Waals surface area (Å²) in [5.74, 6) is 1.03. The monoisotopic (exact) mass is 353 g/mol. The normalized spacial score (nSPS) is 12.6. The molecular formula is C24H51N. The van der Waals surface area contributed by atoms with Crippen LogP contribution in [0.2, 0.25) is 0 Å². The van der Waals surface area contributed by atoms with E-state index in [0.29, 0.717) is 0 Å². The first kappa shape index (κ1) is 25.0. The maximum atomic E-state index is 3.62. The quantitative estimate of drug-likeness (QED) is 0.205. The Morgan fingerprint density at radius 1 is 0.440 bits per heavy atom. The van der Waals surface area contributed by atoms with Gasteiger partial charge in [-0.25, -0.2) is 0 Å². The predicted octanol–water partition coefficient (Wildman–Crippen LogP) is 8.27. The van der Waals surface area contributed by atoms with E-state index in [1.165, 1.54) is 129 Å². The summed E-state index contributed by atoms with van der Waals surface area (Å²) in [6, 6.07) is 0. The molecule has 0 aromatic rings. The van der Waals surface area contributed by atoms with Crippen molar-refractivity contribution in [3.8, 4) is 0 Å². The van der Waals surface area contributed by atoms with E-state index in [2.05, 4.69) is 26.1 Å². The van der Waals surface area contributed by atoms with Crippen LogP contribution >= 0.6 is 0 Å². The lowest BCUT2D eigenvalue weighted by Crippen LogP contribution is -2.16. The maximum absolute atomic E-state index is 3.62. The molecule has 0 aliphatic carbocycles. The Labute approximate surface area is 161 Å². The molecule has 0 aromatic carbocycles. The standard InChI is InChI=1S/C24H51N/c1-4-7-10-15-20-24(19-14-9-6-3)21-16-12-13-18-23-25-22-17-11-8-5-2/h24-25H,4-23H2,1-3H3. The van der Waals surface area contributed by atoms with Crippen molar-refractivity contribution in [2.75, 3.05) is 13.1 Å². The van der Waals surface area contributed by atoms with Crippen LogP contribution in [0.1, 0.15) is 136 Å². The minimum Gasteiger partial charge on any atom is -0.317 e. The maximum Gasteiger partial charge on any atom is -0.00489 e. The van der Waals surface area contributed by atoms with Crippen molar-refractivity contribution in [1.29, 1.82) is 0 Å². The van der Waals surface area contributed by atoms with Crippen molar-refractivity contribution in [1.82, 2.24) is 5.32 Å². The van der Waals surface area contributed by atoms with Crippen LogP contribution < -0.4 is 5.32 Å². The van der Waals surface area contributed by atoms with E-state index in [1.54, 1.807) is 0 Å². The molecular weight excluding hydrogens is 302 g/mol. The second-order valence-corrected chi connectivity index (χ2v) is 8.22. The zero-order valence-electron chi connectivity index (χ0n) is 18.2. The molecule has 0 aromatic heterocycles. The molecule has 1 atom stereocenters. The Morgan fingerprint density at radius 3 is 1.32 bits per heavy atom. The van der Waals surface area contributed by atoms with Gasteiger partial charge in [0, 0.05) is 0 Å². The summed E-state index contributed by atoms with van der Waals surface area (Å²) < 4.78 is 0. The molecule has 0 heterocycles. The average molecular weight is 354 g/mol. The van der Waals surface area contributed by atoms with E-state index in [0.717, 1.165) is 5.92 Å². The van der Waals surface area contributed by atoms with E-state index in [4.69, 9.17) is 0 Å². The zero-order chi connectivity index (χ0) is 18.4. The van der Waals surface area contributed by atoms with E-state index in [-0.39, 0.29) is 0 Å². The van der Waals surface area contributed by atoms with Crippen molar-refractivity contribution in [2.45, 2.75) is 136 Å². The van der Waals surface area contributed by atoms with Crippen LogP contribution in [0, 0.1) is 5.92 Å². The van der Waals surface area contributed by atoms with E-state index in [9.17, 15) is 0 Å². The molecule has 0 fully saturated rings. The van der Waals surface area contributed by atoms with Crippen molar-refractivity contribution in [2.24, 2.45) is 5.92 Å². The molecule has 0 rings (SSSR count). The Kier molecular flexibility index (Phi) is 22.0. The molecule has 0 radical (unpaired) electrons. The van der Waals surface area contributed by atoms with Crippen LogP contribution in [0.4, 0.5) is 0 Å². The number of hydrogen-bond acceptors (Lipinski definition) is 1. The summed E-state index contributed by atoms with van der Waals surface area (Å²) in [4.78, 5) is 0. The van der Waals surface area contributed by atoms with Crippen LogP contribution in [0.5, 0.6) is 0 Å². The highest BCUT2D eigenvalue weighted by atomic mass is 14.8. The largest absolute Gasteiger partial charge is 0.317 e. The average Bonchev–Trinajstić information content (AvgIpc) is 2.62. The molecule has 0 amide bonds. The van der Waals surface area contributed by atoms with Gasteiger partial charge in [0.15, 0.2) is 0 Å². The molecule has 152 valence electrons. The summed E-state index contributed by atoms with van der Waals surface area (Å²) in [6.45, 7) is 9.40. The van der Waals surface area contributed by atoms with E-state index in [1.807, 2.05) is 0 Å². The van der Waals surface area contributed by atoms with Gasteiger partial charge in [-0.15, -0.1) is 0 Å². The van der Waals surface area contributed by atoms with Gasteiger partial charge in [0.1, 0.15) is 0 Å². The molecule has 0 bridgehead atoms. The van der Waals surface area contributed by atoms with Gasteiger partial charge in [-0.2, -0.15) is 0 Å². The summed E-state index contributed by atoms with van der Waals surface area (Å²) >= 11 is 0. The van der Waals surface area contributed by atoms with Gasteiger partial charge in [-0.1, -0.05) is 124 Å². The van der Waals surface area contributed by atoms with Crippen LogP contribution in [0.25, 0.3) is 0 Å². The number of unbranched alkanes of at least 4 members (excludes halogenated alkanes) is 11. The summed E-state index contributed by atoms with van der Waals surface area (Å²) in [5, 5.41) is 3.62. The molecule has 0 spiro atoms. The Bertz CT molecular complexity index is 226. The van der Waals surface area contributed by atoms with Crippen LogP contribution in [0.15, 0.2) is 0 Å². The fourth-order valence-electron chi connectivity index (χ4n) is 3.81. The third-order valence-electron chi connectivity index (χ3n) is 5.60. The zero-order valence-corrected chi connectivity index (χ0v) is 18.2. The summed E-state index contributed by atoms with van der Waals surface area (Å²) in [5.41, 5.74) is 0. The van der Waals surface area contributed by atoms with Gasteiger partial charge in [-0.3, -0.25) is 0 Å². The highest BCUT2D eigenvalue weighted by Gasteiger charge is 2.08. The first-order valence-corrected chi connectivity index (χ1v) is 12.1. The molecule has 0 aliphatic heterocycles. The lowest BCUT2D eigenvalue weighted by molar-refractivity contribution is 0.369.